The van der Waals surface area contributed by atoms with Crippen molar-refractivity contribution in [3.8, 4) is 5.69 Å². The summed E-state index contributed by atoms with van der Waals surface area (Å²) in [5, 5.41) is 3.67. The Morgan fingerprint density at radius 1 is 1.38 bits per heavy atom. The molecule has 1 aromatic heterocycles. The second-order valence-electron chi connectivity index (χ2n) is 3.88. The van der Waals surface area contributed by atoms with Crippen molar-refractivity contribution in [3.63, 3.8) is 0 Å². The number of carbonyl (C=O) groups excluding carboxylic acids is 1. The molecule has 0 bridgehead atoms. The van der Waals surface area contributed by atoms with E-state index < -0.39 is 20.0 Å². The molecule has 6 nitrogen and oxygen atoms in total. The summed E-state index contributed by atoms with van der Waals surface area (Å²) < 4.78 is 29.4. The molecule has 0 atom stereocenters. The minimum absolute atomic E-state index is 0.0951. The number of carbonyl (C=O) groups is 1. The lowest BCUT2D eigenvalue weighted by Gasteiger charge is -2.08. The molecule has 0 radical (unpaired) electrons. The Morgan fingerprint density at radius 3 is 2.62 bits per heavy atom. The van der Waals surface area contributed by atoms with Crippen LogP contribution < -0.4 is 0 Å². The average Bonchev–Trinajstić information content (AvgIpc) is 2.84. The molecule has 1 aromatic carbocycles. The molecule has 0 saturated carbocycles. The SMILES string of the molecule is CCOC(=O)c1cnn(-c2ccccc2Cl)c1S(=O)(=O)Cl. The van der Waals surface area contributed by atoms with Gasteiger partial charge in [-0.2, -0.15) is 5.10 Å². The van der Waals surface area contributed by atoms with Crippen LogP contribution in [-0.2, 0) is 13.8 Å². The molecule has 9 heteroatoms. The highest BCUT2D eigenvalue weighted by Crippen LogP contribution is 2.27. The Bertz CT molecular complexity index is 786. The molecule has 0 spiro atoms. The molecule has 1 heterocycles. The number of nitrogens with zero attached hydrogens (tertiary/aromatic N) is 2. The van der Waals surface area contributed by atoms with E-state index in [0.717, 1.165) is 10.9 Å². The highest BCUT2D eigenvalue weighted by molar-refractivity contribution is 8.13. The first-order valence-corrected chi connectivity index (χ1v) is 8.49. The second-order valence-corrected chi connectivity index (χ2v) is 6.77. The Labute approximate surface area is 130 Å². The topological polar surface area (TPSA) is 78.3 Å². The lowest BCUT2D eigenvalue weighted by atomic mass is 10.3. The number of para-hydroxylation sites is 1. The van der Waals surface area contributed by atoms with Gasteiger partial charge in [0.25, 0.3) is 9.05 Å². The third-order valence-corrected chi connectivity index (χ3v) is 4.14. The third kappa shape index (κ3) is 3.20. The molecular weight excluding hydrogens is 339 g/mol. The van der Waals surface area contributed by atoms with E-state index in [4.69, 9.17) is 27.0 Å². The minimum Gasteiger partial charge on any atom is -0.462 e. The second kappa shape index (κ2) is 6.05. The first-order valence-electron chi connectivity index (χ1n) is 5.81. The summed E-state index contributed by atoms with van der Waals surface area (Å²) in [6.45, 7) is 1.70. The molecule has 0 aliphatic carbocycles. The smallest absolute Gasteiger partial charge is 0.342 e. The van der Waals surface area contributed by atoms with E-state index in [1.807, 2.05) is 0 Å². The molecule has 0 aliphatic heterocycles. The number of hydrogen-bond acceptors (Lipinski definition) is 5. The monoisotopic (exact) mass is 348 g/mol. The van der Waals surface area contributed by atoms with E-state index in [-0.39, 0.29) is 22.9 Å². The number of ether oxygens (including phenoxy) is 1. The van der Waals surface area contributed by atoms with E-state index in [9.17, 15) is 13.2 Å². The van der Waals surface area contributed by atoms with Crippen LogP contribution in [0.1, 0.15) is 17.3 Å². The zero-order chi connectivity index (χ0) is 15.6. The van der Waals surface area contributed by atoms with Gasteiger partial charge >= 0.3 is 5.97 Å². The summed E-state index contributed by atoms with van der Waals surface area (Å²) in [7, 11) is 1.18. The fourth-order valence-electron chi connectivity index (χ4n) is 1.72. The number of aromatic nitrogens is 2. The molecule has 112 valence electrons. The lowest BCUT2D eigenvalue weighted by Crippen LogP contribution is -2.11. The van der Waals surface area contributed by atoms with Gasteiger partial charge in [0.1, 0.15) is 5.56 Å². The van der Waals surface area contributed by atoms with Crippen LogP contribution in [0.2, 0.25) is 5.02 Å². The van der Waals surface area contributed by atoms with Crippen molar-refractivity contribution < 1.29 is 17.9 Å². The number of halogens is 2. The maximum Gasteiger partial charge on any atom is 0.342 e. The van der Waals surface area contributed by atoms with Crippen LogP contribution in [0.25, 0.3) is 5.69 Å². The first-order chi connectivity index (χ1) is 9.86. The minimum atomic E-state index is -4.24. The van der Waals surface area contributed by atoms with E-state index >= 15 is 0 Å². The molecular formula is C12H10Cl2N2O4S. The summed E-state index contributed by atoms with van der Waals surface area (Å²) in [5.74, 6) is -0.824. The first kappa shape index (κ1) is 15.8. The van der Waals surface area contributed by atoms with Gasteiger partial charge < -0.3 is 4.74 Å². The molecule has 21 heavy (non-hydrogen) atoms. The van der Waals surface area contributed by atoms with Gasteiger partial charge in [-0.05, 0) is 19.1 Å². The summed E-state index contributed by atoms with van der Waals surface area (Å²) in [4.78, 5) is 11.8. The van der Waals surface area contributed by atoms with E-state index in [1.54, 1.807) is 31.2 Å². The molecule has 0 fully saturated rings. The Kier molecular flexibility index (Phi) is 4.55. The molecule has 0 saturated heterocycles. The predicted octanol–water partition coefficient (Wildman–Crippen LogP) is 2.63. The van der Waals surface area contributed by atoms with Gasteiger partial charge in [0, 0.05) is 10.7 Å². The van der Waals surface area contributed by atoms with E-state index in [2.05, 4.69) is 5.10 Å². The van der Waals surface area contributed by atoms with Crippen molar-refractivity contribution in [2.45, 2.75) is 11.9 Å². The standard InChI is InChI=1S/C12H10Cl2N2O4S/c1-2-20-12(17)8-7-15-16(11(8)21(14,18)19)10-6-4-3-5-9(10)13/h3-7H,2H2,1H3. The zero-order valence-electron chi connectivity index (χ0n) is 10.8. The van der Waals surface area contributed by atoms with Gasteiger partial charge in [0.2, 0.25) is 0 Å². The number of rotatable bonds is 4. The van der Waals surface area contributed by atoms with Crippen LogP contribution in [0, 0.1) is 0 Å². The van der Waals surface area contributed by atoms with Crippen molar-refractivity contribution in [1.29, 1.82) is 0 Å². The van der Waals surface area contributed by atoms with Crippen molar-refractivity contribution in [1.82, 2.24) is 9.78 Å². The molecule has 0 amide bonds. The van der Waals surface area contributed by atoms with E-state index in [1.165, 1.54) is 0 Å². The fraction of sp³-hybridized carbons (Fsp3) is 0.167. The van der Waals surface area contributed by atoms with Crippen LogP contribution in [0.4, 0.5) is 0 Å². The summed E-state index contributed by atoms with van der Waals surface area (Å²) in [5.41, 5.74) is 0.0423. The largest absolute Gasteiger partial charge is 0.462 e. The van der Waals surface area contributed by atoms with Gasteiger partial charge in [-0.1, -0.05) is 23.7 Å². The summed E-state index contributed by atoms with van der Waals surface area (Å²) in [6.07, 6.45) is 1.08. The fourth-order valence-corrected chi connectivity index (χ4v) is 3.13. The van der Waals surface area contributed by atoms with Crippen molar-refractivity contribution in [3.05, 3.63) is 41.0 Å². The summed E-state index contributed by atoms with van der Waals surface area (Å²) >= 11 is 6.02. The molecule has 0 aliphatic rings. The van der Waals surface area contributed by atoms with Gasteiger partial charge in [-0.15, -0.1) is 0 Å². The van der Waals surface area contributed by atoms with Crippen LogP contribution >= 0.6 is 22.3 Å². The Hall–Kier alpha value is -1.57. The quantitative estimate of drug-likeness (QED) is 0.626. The summed E-state index contributed by atoms with van der Waals surface area (Å²) in [6, 6.07) is 6.44. The van der Waals surface area contributed by atoms with Crippen LogP contribution in [0.15, 0.2) is 35.5 Å². The van der Waals surface area contributed by atoms with Gasteiger partial charge in [0.05, 0.1) is 23.5 Å². The van der Waals surface area contributed by atoms with Crippen molar-refractivity contribution in [2.24, 2.45) is 0 Å². The number of esters is 1. The van der Waals surface area contributed by atoms with Crippen LogP contribution in [0.5, 0.6) is 0 Å². The highest BCUT2D eigenvalue weighted by Gasteiger charge is 2.29. The van der Waals surface area contributed by atoms with Crippen LogP contribution in [0.3, 0.4) is 0 Å². The van der Waals surface area contributed by atoms with Crippen molar-refractivity contribution >= 4 is 37.3 Å². The molecule has 2 rings (SSSR count). The van der Waals surface area contributed by atoms with Gasteiger partial charge in [0.15, 0.2) is 5.03 Å². The van der Waals surface area contributed by atoms with Crippen LogP contribution in [-0.4, -0.2) is 30.8 Å². The van der Waals surface area contributed by atoms with Gasteiger partial charge in [-0.3, -0.25) is 0 Å². The average molecular weight is 349 g/mol. The van der Waals surface area contributed by atoms with E-state index in [0.29, 0.717) is 0 Å². The Morgan fingerprint density at radius 2 is 2.05 bits per heavy atom. The highest BCUT2D eigenvalue weighted by atomic mass is 35.7. The number of benzene rings is 1. The number of hydrogen-bond donors (Lipinski definition) is 0. The zero-order valence-corrected chi connectivity index (χ0v) is 13.1. The maximum absolute atomic E-state index is 11.8. The third-order valence-electron chi connectivity index (χ3n) is 2.53. The van der Waals surface area contributed by atoms with Crippen molar-refractivity contribution in [2.75, 3.05) is 6.61 Å². The molecule has 0 unspecified atom stereocenters. The molecule has 2 aromatic rings. The maximum atomic E-state index is 11.8. The Balaban J connectivity index is 2.70. The van der Waals surface area contributed by atoms with Gasteiger partial charge in [-0.25, -0.2) is 17.9 Å². The normalized spacial score (nSPS) is 11.4. The lowest BCUT2D eigenvalue weighted by molar-refractivity contribution is 0.0521. The predicted molar refractivity (Wildman–Crippen MR) is 77.6 cm³/mol. The molecule has 0 N–H and O–H groups in total.